The SMILES string of the molecule is O=C1N/C(=C/c2cc(I)c(OCc3ccc(Cl)cc3Cl)c(I)c2)C(=O)N1c1cccc(Cl)c1. The highest BCUT2D eigenvalue weighted by molar-refractivity contribution is 14.1. The van der Waals surface area contributed by atoms with Crippen LogP contribution in [0.1, 0.15) is 11.1 Å². The lowest BCUT2D eigenvalue weighted by molar-refractivity contribution is -0.113. The summed E-state index contributed by atoms with van der Waals surface area (Å²) in [6.45, 7) is 0.283. The number of imide groups is 1. The molecule has 0 spiro atoms. The Morgan fingerprint density at radius 1 is 0.939 bits per heavy atom. The van der Waals surface area contributed by atoms with Gasteiger partial charge in [0.15, 0.2) is 0 Å². The van der Waals surface area contributed by atoms with Crippen molar-refractivity contribution in [1.29, 1.82) is 0 Å². The molecule has 1 aliphatic rings. The van der Waals surface area contributed by atoms with Crippen LogP contribution >= 0.6 is 80.0 Å². The van der Waals surface area contributed by atoms with Crippen molar-refractivity contribution < 1.29 is 14.3 Å². The first-order valence-corrected chi connectivity index (χ1v) is 12.7. The average Bonchev–Trinajstić information content (AvgIpc) is 3.01. The minimum atomic E-state index is -0.530. The van der Waals surface area contributed by atoms with E-state index in [4.69, 9.17) is 39.5 Å². The molecular weight excluding hydrogens is 712 g/mol. The molecule has 0 radical (unpaired) electrons. The summed E-state index contributed by atoms with van der Waals surface area (Å²) in [6, 6.07) is 15.0. The Bertz CT molecular complexity index is 1290. The number of halogens is 5. The molecule has 3 aromatic rings. The van der Waals surface area contributed by atoms with Crippen LogP contribution in [-0.2, 0) is 11.4 Å². The number of hydrogen-bond acceptors (Lipinski definition) is 3. The highest BCUT2D eigenvalue weighted by atomic mass is 127. The van der Waals surface area contributed by atoms with E-state index >= 15 is 0 Å². The first-order chi connectivity index (χ1) is 15.7. The molecule has 0 unspecified atom stereocenters. The minimum absolute atomic E-state index is 0.174. The van der Waals surface area contributed by atoms with Gasteiger partial charge in [-0.1, -0.05) is 46.9 Å². The molecule has 168 valence electrons. The van der Waals surface area contributed by atoms with Crippen LogP contribution in [0.4, 0.5) is 10.5 Å². The van der Waals surface area contributed by atoms with Gasteiger partial charge in [-0.25, -0.2) is 9.69 Å². The van der Waals surface area contributed by atoms with Gasteiger partial charge < -0.3 is 10.1 Å². The van der Waals surface area contributed by atoms with E-state index in [1.165, 1.54) is 0 Å². The van der Waals surface area contributed by atoms with Gasteiger partial charge in [-0.3, -0.25) is 4.79 Å². The lowest BCUT2D eigenvalue weighted by Crippen LogP contribution is -2.30. The molecule has 0 aliphatic carbocycles. The summed E-state index contributed by atoms with van der Waals surface area (Å²) in [5.41, 5.74) is 2.15. The molecule has 0 saturated carbocycles. The number of carbonyl (C=O) groups is 2. The zero-order valence-electron chi connectivity index (χ0n) is 16.5. The Morgan fingerprint density at radius 3 is 2.30 bits per heavy atom. The van der Waals surface area contributed by atoms with Crippen molar-refractivity contribution in [2.24, 2.45) is 0 Å². The molecule has 33 heavy (non-hydrogen) atoms. The van der Waals surface area contributed by atoms with Crippen molar-refractivity contribution in [3.05, 3.63) is 93.6 Å². The largest absolute Gasteiger partial charge is 0.487 e. The van der Waals surface area contributed by atoms with Crippen LogP contribution in [0, 0.1) is 7.14 Å². The number of nitrogens with one attached hydrogen (secondary N) is 1. The van der Waals surface area contributed by atoms with Crippen molar-refractivity contribution >= 4 is 104 Å². The Morgan fingerprint density at radius 2 is 1.64 bits per heavy atom. The average molecular weight is 726 g/mol. The quantitative estimate of drug-likeness (QED) is 0.168. The summed E-state index contributed by atoms with van der Waals surface area (Å²) in [5.74, 6) is 0.247. The van der Waals surface area contributed by atoms with Crippen LogP contribution in [0.15, 0.2) is 60.3 Å². The molecule has 3 aromatic carbocycles. The van der Waals surface area contributed by atoms with E-state index in [0.29, 0.717) is 26.5 Å². The topological polar surface area (TPSA) is 58.6 Å². The number of benzene rings is 3. The van der Waals surface area contributed by atoms with Gasteiger partial charge in [-0.15, -0.1) is 0 Å². The Kier molecular flexibility index (Phi) is 7.74. The third kappa shape index (κ3) is 5.59. The van der Waals surface area contributed by atoms with Gasteiger partial charge >= 0.3 is 6.03 Å². The molecule has 5 nitrogen and oxygen atoms in total. The predicted molar refractivity (Wildman–Crippen MR) is 148 cm³/mol. The number of rotatable bonds is 5. The molecule has 0 atom stereocenters. The molecule has 1 aliphatic heterocycles. The first kappa shape index (κ1) is 24.6. The first-order valence-electron chi connectivity index (χ1n) is 9.41. The number of carbonyl (C=O) groups excluding carboxylic acids is 2. The molecule has 3 amide bonds. The highest BCUT2D eigenvalue weighted by Gasteiger charge is 2.35. The summed E-state index contributed by atoms with van der Waals surface area (Å²) < 4.78 is 7.70. The molecule has 1 N–H and O–H groups in total. The van der Waals surface area contributed by atoms with E-state index in [1.54, 1.807) is 42.5 Å². The van der Waals surface area contributed by atoms with Gasteiger partial charge in [-0.2, -0.15) is 0 Å². The van der Waals surface area contributed by atoms with E-state index in [1.807, 2.05) is 18.2 Å². The highest BCUT2D eigenvalue weighted by Crippen LogP contribution is 2.32. The van der Waals surface area contributed by atoms with E-state index in [0.717, 1.165) is 23.2 Å². The zero-order chi connectivity index (χ0) is 23.7. The lowest BCUT2D eigenvalue weighted by Gasteiger charge is -2.13. The maximum Gasteiger partial charge on any atom is 0.333 e. The zero-order valence-corrected chi connectivity index (χ0v) is 23.1. The van der Waals surface area contributed by atoms with Gasteiger partial charge in [0.2, 0.25) is 0 Å². The molecule has 1 fully saturated rings. The molecule has 0 bridgehead atoms. The third-order valence-electron chi connectivity index (χ3n) is 4.66. The molecule has 10 heteroatoms. The number of amides is 3. The van der Waals surface area contributed by atoms with Gasteiger partial charge in [0.25, 0.3) is 5.91 Å². The molecule has 1 heterocycles. The second-order valence-electron chi connectivity index (χ2n) is 6.95. The van der Waals surface area contributed by atoms with Gasteiger partial charge in [-0.05, 0) is 99.3 Å². The van der Waals surface area contributed by atoms with Crippen LogP contribution in [0.3, 0.4) is 0 Å². The van der Waals surface area contributed by atoms with Crippen molar-refractivity contribution in [3.8, 4) is 5.75 Å². The van der Waals surface area contributed by atoms with Gasteiger partial charge in [0.05, 0.1) is 12.8 Å². The number of anilines is 1. The normalized spacial score (nSPS) is 14.7. The monoisotopic (exact) mass is 724 g/mol. The Balaban J connectivity index is 1.55. The smallest absolute Gasteiger partial charge is 0.333 e. The molecule has 1 saturated heterocycles. The van der Waals surface area contributed by atoms with Crippen molar-refractivity contribution in [2.45, 2.75) is 6.61 Å². The minimum Gasteiger partial charge on any atom is -0.487 e. The summed E-state index contributed by atoms with van der Waals surface area (Å²) in [7, 11) is 0. The summed E-state index contributed by atoms with van der Waals surface area (Å²) >= 11 is 22.5. The van der Waals surface area contributed by atoms with E-state index in [-0.39, 0.29) is 12.3 Å². The standard InChI is InChI=1S/C23H13Cl3I2N2O3/c24-14-2-1-3-16(9-14)30-22(31)20(29-23(30)32)8-12-6-18(27)21(19(28)7-12)33-11-13-4-5-15(25)10-17(13)26/h1-10H,11H2,(H,29,32)/b20-8+. The van der Waals surface area contributed by atoms with Crippen molar-refractivity contribution in [2.75, 3.05) is 4.90 Å². The van der Waals surface area contributed by atoms with Crippen LogP contribution in [0.5, 0.6) is 5.75 Å². The maximum absolute atomic E-state index is 12.9. The van der Waals surface area contributed by atoms with Crippen molar-refractivity contribution in [1.82, 2.24) is 5.32 Å². The third-order valence-corrected chi connectivity index (χ3v) is 7.09. The van der Waals surface area contributed by atoms with E-state index < -0.39 is 11.9 Å². The number of hydrogen-bond donors (Lipinski definition) is 1. The fraction of sp³-hybridized carbons (Fsp3) is 0.0435. The van der Waals surface area contributed by atoms with E-state index in [9.17, 15) is 9.59 Å². The summed E-state index contributed by atoms with van der Waals surface area (Å²) in [5, 5.41) is 4.16. The van der Waals surface area contributed by atoms with Crippen LogP contribution in [0.2, 0.25) is 15.1 Å². The van der Waals surface area contributed by atoms with E-state index in [2.05, 4.69) is 50.5 Å². The van der Waals surface area contributed by atoms with Crippen LogP contribution in [-0.4, -0.2) is 11.9 Å². The van der Waals surface area contributed by atoms with Crippen LogP contribution in [0.25, 0.3) is 6.08 Å². The Hall–Kier alpha value is -1.53. The number of urea groups is 1. The maximum atomic E-state index is 12.9. The fourth-order valence-corrected chi connectivity index (χ4v) is 5.92. The number of ether oxygens (including phenoxy) is 1. The predicted octanol–water partition coefficient (Wildman–Crippen LogP) is 7.53. The van der Waals surface area contributed by atoms with Crippen molar-refractivity contribution in [3.63, 3.8) is 0 Å². The van der Waals surface area contributed by atoms with Gasteiger partial charge in [0.1, 0.15) is 18.1 Å². The second-order valence-corrected chi connectivity index (χ2v) is 10.6. The Labute approximate surface area is 232 Å². The molecule has 4 rings (SSSR count). The molecule has 0 aromatic heterocycles. The number of nitrogens with zero attached hydrogens (tertiary/aromatic N) is 1. The molecular formula is C23H13Cl3I2N2O3. The van der Waals surface area contributed by atoms with Crippen LogP contribution < -0.4 is 15.0 Å². The fourth-order valence-electron chi connectivity index (χ4n) is 3.14. The lowest BCUT2D eigenvalue weighted by atomic mass is 10.1. The second kappa shape index (κ2) is 10.4. The van der Waals surface area contributed by atoms with Gasteiger partial charge in [0, 0.05) is 20.6 Å². The summed E-state index contributed by atoms with van der Waals surface area (Å²) in [4.78, 5) is 26.3. The summed E-state index contributed by atoms with van der Waals surface area (Å²) in [6.07, 6.45) is 1.63.